The number of anilines is 1. The Morgan fingerprint density at radius 1 is 1.07 bits per heavy atom. The Labute approximate surface area is 175 Å². The number of benzene rings is 2. The second-order valence-electron chi connectivity index (χ2n) is 6.44. The van der Waals surface area contributed by atoms with Crippen LogP contribution >= 0.6 is 8.03 Å². The number of nitrogens with zero attached hydrogens (tertiary/aromatic N) is 2. The van der Waals surface area contributed by atoms with Gasteiger partial charge in [0.25, 0.3) is 5.69 Å². The molecule has 2 aromatic carbocycles. The van der Waals surface area contributed by atoms with Crippen LogP contribution in [0.3, 0.4) is 0 Å². The lowest BCUT2D eigenvalue weighted by atomic mass is 10.1. The van der Waals surface area contributed by atoms with Gasteiger partial charge in [-0.05, 0) is 29.2 Å². The molecular formula is C17H20N2O8PS2+. The third-order valence-corrected chi connectivity index (χ3v) is 8.53. The fraction of sp³-hybridized carbons (Fsp3) is 0.294. The highest BCUT2D eigenvalue weighted by Gasteiger charge is 2.37. The summed E-state index contributed by atoms with van der Waals surface area (Å²) in [7, 11) is -10.9. The smallest absolute Gasteiger partial charge is 0.258 e. The second kappa shape index (κ2) is 9.17. The van der Waals surface area contributed by atoms with E-state index in [2.05, 4.69) is 0 Å². The summed E-state index contributed by atoms with van der Waals surface area (Å²) < 4.78 is 66.1. The number of nitro benzene ring substituents is 1. The molecule has 0 N–H and O–H groups in total. The minimum absolute atomic E-state index is 0.00662. The molecule has 0 aliphatic carbocycles. The lowest BCUT2D eigenvalue weighted by Crippen LogP contribution is -2.35. The molecule has 0 aromatic heterocycles. The molecule has 0 saturated carbocycles. The molecule has 2 unspecified atom stereocenters. The Balaban J connectivity index is 2.45. The Morgan fingerprint density at radius 3 is 2.13 bits per heavy atom. The molecule has 2 atom stereocenters. The molecule has 0 spiro atoms. The molecule has 0 aliphatic heterocycles. The van der Waals surface area contributed by atoms with Crippen LogP contribution in [-0.2, 0) is 35.7 Å². The summed E-state index contributed by atoms with van der Waals surface area (Å²) in [5, 5.41) is 11.4. The first-order valence-electron chi connectivity index (χ1n) is 8.44. The summed E-state index contributed by atoms with van der Waals surface area (Å²) in [6.45, 7) is 1.42. The van der Waals surface area contributed by atoms with E-state index in [0.29, 0.717) is 12.5 Å². The first kappa shape index (κ1) is 23.9. The molecule has 0 aliphatic rings. The maximum atomic E-state index is 12.6. The summed E-state index contributed by atoms with van der Waals surface area (Å²) in [6.07, 6.45) is 1.39. The number of rotatable bonds is 9. The number of nitro groups is 1. The fourth-order valence-corrected chi connectivity index (χ4v) is 6.62. The molecular weight excluding hydrogens is 455 g/mol. The van der Waals surface area contributed by atoms with Gasteiger partial charge in [0.05, 0.1) is 28.7 Å². The summed E-state index contributed by atoms with van der Waals surface area (Å²) in [5.41, 5.74) is -1.12. The van der Waals surface area contributed by atoms with Crippen molar-refractivity contribution in [1.29, 1.82) is 0 Å². The normalized spacial score (nSPS) is 13.5. The molecule has 0 bridgehead atoms. The predicted octanol–water partition coefficient (Wildman–Crippen LogP) is 3.34. The third kappa shape index (κ3) is 5.82. The number of hydrogen-bond acceptors (Lipinski definition) is 8. The fourth-order valence-electron chi connectivity index (χ4n) is 2.72. The van der Waals surface area contributed by atoms with Gasteiger partial charge in [0.2, 0.25) is 25.7 Å². The molecule has 13 heteroatoms. The van der Waals surface area contributed by atoms with Crippen LogP contribution < -0.4 is 3.71 Å². The predicted molar refractivity (Wildman–Crippen MR) is 113 cm³/mol. The van der Waals surface area contributed by atoms with Gasteiger partial charge < -0.3 is 0 Å². The van der Waals surface area contributed by atoms with Gasteiger partial charge in [-0.25, -0.2) is 16.8 Å². The standard InChI is InChI=1S/C17H20N2O8PS2/c1-13(28(22)27-12-14-7-5-4-6-8-14)16-11-15(9-10-17(16)18(20)21)19(29(2,23)24)30(3,25)26/h4-11,13H,12H2,1-3H3/q+1. The summed E-state index contributed by atoms with van der Waals surface area (Å²) in [4.78, 5) is 10.7. The lowest BCUT2D eigenvalue weighted by molar-refractivity contribution is -0.385. The highest BCUT2D eigenvalue weighted by Crippen LogP contribution is 2.46. The molecule has 10 nitrogen and oxygen atoms in total. The van der Waals surface area contributed by atoms with Crippen molar-refractivity contribution in [2.75, 3.05) is 16.2 Å². The van der Waals surface area contributed by atoms with Gasteiger partial charge >= 0.3 is 8.03 Å². The molecule has 162 valence electrons. The maximum Gasteiger partial charge on any atom is 0.516 e. The summed E-state index contributed by atoms with van der Waals surface area (Å²) in [6, 6.07) is 11.9. The van der Waals surface area contributed by atoms with E-state index in [9.17, 15) is 31.5 Å². The van der Waals surface area contributed by atoms with E-state index in [1.54, 1.807) is 30.3 Å². The van der Waals surface area contributed by atoms with Gasteiger partial charge in [-0.1, -0.05) is 30.3 Å². The van der Waals surface area contributed by atoms with Gasteiger partial charge in [-0.3, -0.25) is 10.1 Å². The van der Waals surface area contributed by atoms with Crippen molar-refractivity contribution < 1.29 is 30.8 Å². The molecule has 2 aromatic rings. The maximum absolute atomic E-state index is 12.6. The van der Waals surface area contributed by atoms with E-state index in [-0.39, 0.29) is 21.6 Å². The quantitative estimate of drug-likeness (QED) is 0.305. The third-order valence-electron chi connectivity index (χ3n) is 3.99. The molecule has 2 rings (SSSR count). The molecule has 30 heavy (non-hydrogen) atoms. The zero-order chi connectivity index (χ0) is 22.7. The van der Waals surface area contributed by atoms with E-state index in [4.69, 9.17) is 4.52 Å². The zero-order valence-corrected chi connectivity index (χ0v) is 18.9. The minimum Gasteiger partial charge on any atom is -0.258 e. The lowest BCUT2D eigenvalue weighted by Gasteiger charge is -2.20. The van der Waals surface area contributed by atoms with Crippen molar-refractivity contribution in [1.82, 2.24) is 0 Å². The Morgan fingerprint density at radius 2 is 1.63 bits per heavy atom. The number of sulfonamides is 2. The first-order chi connectivity index (χ1) is 13.8. The van der Waals surface area contributed by atoms with Gasteiger partial charge in [-0.15, -0.1) is 4.52 Å². The summed E-state index contributed by atoms with van der Waals surface area (Å²) >= 11 is 0. The van der Waals surface area contributed by atoms with Crippen LogP contribution in [0.25, 0.3) is 0 Å². The molecule has 0 saturated heterocycles. The van der Waals surface area contributed by atoms with Crippen LogP contribution in [0, 0.1) is 10.1 Å². The Bertz CT molecular complexity index is 1140. The molecule has 0 heterocycles. The van der Waals surface area contributed by atoms with E-state index in [1.807, 2.05) is 0 Å². The average molecular weight is 475 g/mol. The van der Waals surface area contributed by atoms with E-state index in [0.717, 1.165) is 23.8 Å². The van der Waals surface area contributed by atoms with Crippen LogP contribution in [0.5, 0.6) is 0 Å². The van der Waals surface area contributed by atoms with E-state index < -0.39 is 44.3 Å². The van der Waals surface area contributed by atoms with Crippen LogP contribution in [0.1, 0.15) is 23.7 Å². The zero-order valence-electron chi connectivity index (χ0n) is 16.3. The van der Waals surface area contributed by atoms with Crippen molar-refractivity contribution in [2.24, 2.45) is 0 Å². The van der Waals surface area contributed by atoms with E-state index in [1.165, 1.54) is 6.92 Å². The van der Waals surface area contributed by atoms with Crippen LogP contribution in [0.2, 0.25) is 0 Å². The van der Waals surface area contributed by atoms with Crippen molar-refractivity contribution in [3.05, 3.63) is 69.8 Å². The van der Waals surface area contributed by atoms with Gasteiger partial charge in [0.15, 0.2) is 0 Å². The van der Waals surface area contributed by atoms with Crippen molar-refractivity contribution in [3.63, 3.8) is 0 Å². The van der Waals surface area contributed by atoms with Crippen LogP contribution in [-0.4, -0.2) is 34.3 Å². The monoisotopic (exact) mass is 475 g/mol. The average Bonchev–Trinajstić information content (AvgIpc) is 2.63. The Hall–Kier alpha value is -2.40. The second-order valence-corrected chi connectivity index (χ2v) is 11.9. The van der Waals surface area contributed by atoms with Crippen molar-refractivity contribution in [2.45, 2.75) is 19.2 Å². The topological polar surface area (TPSA) is 141 Å². The van der Waals surface area contributed by atoms with Crippen LogP contribution in [0.4, 0.5) is 11.4 Å². The minimum atomic E-state index is -4.25. The highest BCUT2D eigenvalue weighted by molar-refractivity contribution is 8.09. The SMILES string of the molecule is CC(c1cc(N(S(C)(=O)=O)S(C)(=O)=O)ccc1[N+](=O)[O-])[P+](=O)OCc1ccccc1. The molecule has 0 radical (unpaired) electrons. The van der Waals surface area contributed by atoms with Crippen LogP contribution in [0.15, 0.2) is 48.5 Å². The first-order valence-corrected chi connectivity index (χ1v) is 13.4. The Kier molecular flexibility index (Phi) is 7.30. The highest BCUT2D eigenvalue weighted by atomic mass is 32.3. The van der Waals surface area contributed by atoms with Crippen molar-refractivity contribution in [3.8, 4) is 0 Å². The summed E-state index contributed by atoms with van der Waals surface area (Å²) in [5.74, 6) is 0. The van der Waals surface area contributed by atoms with Gasteiger partial charge in [0.1, 0.15) is 6.61 Å². The largest absolute Gasteiger partial charge is 0.516 e. The number of hydrogen-bond donors (Lipinski definition) is 0. The van der Waals surface area contributed by atoms with Crippen molar-refractivity contribution >= 4 is 39.4 Å². The molecule has 0 fully saturated rings. The van der Waals surface area contributed by atoms with Gasteiger partial charge in [-0.2, -0.15) is 3.71 Å². The molecule has 0 amide bonds. The van der Waals surface area contributed by atoms with E-state index >= 15 is 0 Å². The van der Waals surface area contributed by atoms with Gasteiger partial charge in [0, 0.05) is 6.07 Å².